The molecule has 0 aliphatic heterocycles. The third kappa shape index (κ3) is 6.13. The van der Waals surface area contributed by atoms with E-state index in [4.69, 9.17) is 32.7 Å². The molecule has 0 saturated heterocycles. The van der Waals surface area contributed by atoms with Crippen molar-refractivity contribution in [2.45, 2.75) is 26.4 Å². The summed E-state index contributed by atoms with van der Waals surface area (Å²) in [5.74, 6) is 1.84. The third-order valence-electron chi connectivity index (χ3n) is 4.88. The topological polar surface area (TPSA) is 35.5 Å². The third-order valence-corrected chi connectivity index (χ3v) is 5.62. The number of carbonyl (C=O) groups is 1. The number of rotatable bonds is 8. The lowest BCUT2D eigenvalue weighted by molar-refractivity contribution is 0.104. The Balaban J connectivity index is 1.72. The molecule has 160 valence electrons. The second-order valence-electron chi connectivity index (χ2n) is 7.41. The molecule has 0 aromatic heterocycles. The molecule has 3 nitrogen and oxygen atoms in total. The minimum absolute atomic E-state index is 0.155. The number of allylic oxidation sites excluding steroid dienone is 1. The Kier molecular flexibility index (Phi) is 7.78. The number of methoxy groups -OCH3 is 1. The fraction of sp³-hybridized carbons (Fsp3) is 0.192. The van der Waals surface area contributed by atoms with Crippen LogP contribution in [-0.2, 0) is 6.61 Å². The molecule has 0 fully saturated rings. The fourth-order valence-corrected chi connectivity index (χ4v) is 3.34. The predicted molar refractivity (Wildman–Crippen MR) is 128 cm³/mol. The minimum Gasteiger partial charge on any atom is -0.496 e. The molecule has 3 aromatic rings. The Morgan fingerprint density at radius 2 is 1.71 bits per heavy atom. The van der Waals surface area contributed by atoms with Gasteiger partial charge in [-0.2, -0.15) is 0 Å². The summed E-state index contributed by atoms with van der Waals surface area (Å²) in [6.07, 6.45) is 3.27. The first kappa shape index (κ1) is 22.9. The summed E-state index contributed by atoms with van der Waals surface area (Å²) in [6, 6.07) is 18.6. The first-order valence-electron chi connectivity index (χ1n) is 9.94. The zero-order valence-electron chi connectivity index (χ0n) is 17.7. The molecule has 0 saturated carbocycles. The Morgan fingerprint density at radius 1 is 0.968 bits per heavy atom. The van der Waals surface area contributed by atoms with E-state index in [0.717, 1.165) is 22.6 Å². The Morgan fingerprint density at radius 3 is 2.35 bits per heavy atom. The highest BCUT2D eigenvalue weighted by molar-refractivity contribution is 6.42. The number of benzene rings is 3. The summed E-state index contributed by atoms with van der Waals surface area (Å²) >= 11 is 11.9. The van der Waals surface area contributed by atoms with Crippen LogP contribution in [0.2, 0.25) is 10.0 Å². The van der Waals surface area contributed by atoms with Crippen LogP contribution in [0.3, 0.4) is 0 Å². The van der Waals surface area contributed by atoms with Gasteiger partial charge in [-0.3, -0.25) is 4.79 Å². The fourth-order valence-electron chi connectivity index (χ4n) is 3.04. The van der Waals surface area contributed by atoms with E-state index in [1.54, 1.807) is 31.4 Å². The molecule has 0 amide bonds. The van der Waals surface area contributed by atoms with Crippen LogP contribution in [0.25, 0.3) is 6.08 Å². The number of ketones is 1. The van der Waals surface area contributed by atoms with E-state index < -0.39 is 0 Å². The van der Waals surface area contributed by atoms with Crippen LogP contribution >= 0.6 is 23.2 Å². The highest BCUT2D eigenvalue weighted by atomic mass is 35.5. The van der Waals surface area contributed by atoms with Gasteiger partial charge in [0, 0.05) is 11.1 Å². The van der Waals surface area contributed by atoms with Crippen molar-refractivity contribution in [2.75, 3.05) is 7.11 Å². The van der Waals surface area contributed by atoms with E-state index in [1.807, 2.05) is 30.3 Å². The maximum absolute atomic E-state index is 12.4. The summed E-state index contributed by atoms with van der Waals surface area (Å²) in [4.78, 5) is 12.4. The number of halogens is 2. The lowest BCUT2D eigenvalue weighted by Gasteiger charge is -2.12. The molecule has 3 aromatic carbocycles. The van der Waals surface area contributed by atoms with Crippen LogP contribution in [-0.4, -0.2) is 12.9 Å². The average molecular weight is 455 g/mol. The van der Waals surface area contributed by atoms with Crippen molar-refractivity contribution in [3.05, 3.63) is 99.0 Å². The van der Waals surface area contributed by atoms with Gasteiger partial charge in [-0.15, -0.1) is 0 Å². The summed E-state index contributed by atoms with van der Waals surface area (Å²) in [6.45, 7) is 4.67. The molecule has 0 unspecified atom stereocenters. The van der Waals surface area contributed by atoms with Crippen molar-refractivity contribution in [1.82, 2.24) is 0 Å². The van der Waals surface area contributed by atoms with Crippen molar-refractivity contribution < 1.29 is 14.3 Å². The SMILES string of the molecule is COc1ccc(/C=C/C(=O)c2ccc(Cl)c(Cl)c2)cc1COc1ccc(C(C)C)cc1. The lowest BCUT2D eigenvalue weighted by atomic mass is 10.0. The van der Waals surface area contributed by atoms with Gasteiger partial charge < -0.3 is 9.47 Å². The van der Waals surface area contributed by atoms with E-state index >= 15 is 0 Å². The quantitative estimate of drug-likeness (QED) is 0.259. The largest absolute Gasteiger partial charge is 0.496 e. The number of hydrogen-bond acceptors (Lipinski definition) is 3. The number of carbonyl (C=O) groups excluding carboxylic acids is 1. The molecule has 31 heavy (non-hydrogen) atoms. The Bertz CT molecular complexity index is 1090. The van der Waals surface area contributed by atoms with Crippen LogP contribution in [0.5, 0.6) is 11.5 Å². The van der Waals surface area contributed by atoms with Crippen molar-refractivity contribution in [3.8, 4) is 11.5 Å². The standard InChI is InChI=1S/C26H24Cl2O3/c1-17(2)19-6-9-22(10-7-19)31-16-21-14-18(5-13-26(21)30-3)4-12-25(29)20-8-11-23(27)24(28)15-20/h4-15,17H,16H2,1-3H3/b12-4+. The monoisotopic (exact) mass is 454 g/mol. The first-order valence-corrected chi connectivity index (χ1v) is 10.7. The Hall–Kier alpha value is -2.75. The molecular weight excluding hydrogens is 431 g/mol. The second kappa shape index (κ2) is 10.5. The molecule has 0 N–H and O–H groups in total. The molecule has 0 heterocycles. The smallest absolute Gasteiger partial charge is 0.185 e. The van der Waals surface area contributed by atoms with E-state index in [-0.39, 0.29) is 5.78 Å². The molecule has 5 heteroatoms. The highest BCUT2D eigenvalue weighted by Gasteiger charge is 2.08. The van der Waals surface area contributed by atoms with E-state index in [2.05, 4.69) is 26.0 Å². The van der Waals surface area contributed by atoms with Crippen LogP contribution in [0.4, 0.5) is 0 Å². The zero-order valence-corrected chi connectivity index (χ0v) is 19.2. The van der Waals surface area contributed by atoms with Crippen LogP contribution in [0.15, 0.2) is 66.7 Å². The number of ether oxygens (including phenoxy) is 2. The van der Waals surface area contributed by atoms with Gasteiger partial charge in [-0.1, -0.05) is 61.3 Å². The van der Waals surface area contributed by atoms with E-state index in [1.165, 1.54) is 11.6 Å². The van der Waals surface area contributed by atoms with Gasteiger partial charge in [0.1, 0.15) is 18.1 Å². The van der Waals surface area contributed by atoms with Crippen molar-refractivity contribution in [1.29, 1.82) is 0 Å². The van der Waals surface area contributed by atoms with E-state index in [0.29, 0.717) is 28.1 Å². The van der Waals surface area contributed by atoms with Gasteiger partial charge in [0.15, 0.2) is 5.78 Å². The van der Waals surface area contributed by atoms with Gasteiger partial charge in [-0.05, 0) is 65.6 Å². The second-order valence-corrected chi connectivity index (χ2v) is 8.22. The van der Waals surface area contributed by atoms with Crippen molar-refractivity contribution in [2.24, 2.45) is 0 Å². The molecule has 0 spiro atoms. The maximum atomic E-state index is 12.4. The normalized spacial score (nSPS) is 11.2. The minimum atomic E-state index is -0.155. The molecular formula is C26H24Cl2O3. The zero-order chi connectivity index (χ0) is 22.4. The van der Waals surface area contributed by atoms with Crippen molar-refractivity contribution >= 4 is 35.1 Å². The molecule has 0 aliphatic rings. The van der Waals surface area contributed by atoms with Gasteiger partial charge in [-0.25, -0.2) is 0 Å². The average Bonchev–Trinajstić information content (AvgIpc) is 2.78. The summed E-state index contributed by atoms with van der Waals surface area (Å²) in [5.41, 5.74) is 3.50. The molecule has 3 rings (SSSR count). The first-order chi connectivity index (χ1) is 14.9. The van der Waals surface area contributed by atoms with Crippen molar-refractivity contribution in [3.63, 3.8) is 0 Å². The summed E-state index contributed by atoms with van der Waals surface area (Å²) < 4.78 is 11.4. The van der Waals surface area contributed by atoms with Crippen LogP contribution < -0.4 is 9.47 Å². The molecule has 0 atom stereocenters. The summed E-state index contributed by atoms with van der Waals surface area (Å²) in [5, 5.41) is 0.770. The summed E-state index contributed by atoms with van der Waals surface area (Å²) in [7, 11) is 1.62. The van der Waals surface area contributed by atoms with Gasteiger partial charge in [0.2, 0.25) is 0 Å². The molecule has 0 radical (unpaired) electrons. The van der Waals surface area contributed by atoms with E-state index in [9.17, 15) is 4.79 Å². The van der Waals surface area contributed by atoms with Gasteiger partial charge >= 0.3 is 0 Å². The molecule has 0 bridgehead atoms. The predicted octanol–water partition coefficient (Wildman–Crippen LogP) is 7.60. The van der Waals surface area contributed by atoms with Gasteiger partial charge in [0.05, 0.1) is 17.2 Å². The molecule has 0 aliphatic carbocycles. The number of hydrogen-bond donors (Lipinski definition) is 0. The lowest BCUT2D eigenvalue weighted by Crippen LogP contribution is -2.00. The van der Waals surface area contributed by atoms with Gasteiger partial charge in [0.25, 0.3) is 0 Å². The Labute approximate surface area is 193 Å². The van der Waals surface area contributed by atoms with Crippen LogP contribution in [0.1, 0.15) is 46.8 Å². The maximum Gasteiger partial charge on any atom is 0.185 e. The van der Waals surface area contributed by atoms with Crippen LogP contribution in [0, 0.1) is 0 Å². The highest BCUT2D eigenvalue weighted by Crippen LogP contribution is 2.25.